The summed E-state index contributed by atoms with van der Waals surface area (Å²) in [6.07, 6.45) is 1.05. The first kappa shape index (κ1) is 14.8. The molecule has 0 bridgehead atoms. The second-order valence-corrected chi connectivity index (χ2v) is 7.37. The standard InChI is InChI=1S/C16H20BrNS/c1-4-18-14(10-13-8-9-15(17)19-13)16-11(2)6-5-7-12(16)3/h5-9,14,18H,4,10H2,1-3H3. The topological polar surface area (TPSA) is 12.0 Å². The zero-order valence-corrected chi connectivity index (χ0v) is 14.1. The first-order chi connectivity index (χ1) is 9.11. The van der Waals surface area contributed by atoms with Gasteiger partial charge < -0.3 is 5.32 Å². The summed E-state index contributed by atoms with van der Waals surface area (Å²) in [5.41, 5.74) is 4.21. The molecule has 0 aliphatic carbocycles. The number of thiophene rings is 1. The number of hydrogen-bond donors (Lipinski definition) is 1. The van der Waals surface area contributed by atoms with Crippen molar-refractivity contribution in [2.75, 3.05) is 6.54 Å². The highest BCUT2D eigenvalue weighted by Gasteiger charge is 2.16. The van der Waals surface area contributed by atoms with Gasteiger partial charge in [-0.3, -0.25) is 0 Å². The Balaban J connectivity index is 2.29. The van der Waals surface area contributed by atoms with Gasteiger partial charge in [0.2, 0.25) is 0 Å². The van der Waals surface area contributed by atoms with Crippen molar-refractivity contribution < 1.29 is 0 Å². The van der Waals surface area contributed by atoms with Crippen molar-refractivity contribution in [3.05, 3.63) is 55.7 Å². The molecule has 1 nitrogen and oxygen atoms in total. The van der Waals surface area contributed by atoms with Gasteiger partial charge in [0, 0.05) is 17.3 Å². The molecular weight excluding hydrogens is 318 g/mol. The third-order valence-electron chi connectivity index (χ3n) is 3.38. The van der Waals surface area contributed by atoms with Gasteiger partial charge in [-0.25, -0.2) is 0 Å². The first-order valence-electron chi connectivity index (χ1n) is 6.65. The molecule has 1 atom stereocenters. The lowest BCUT2D eigenvalue weighted by Gasteiger charge is -2.22. The van der Waals surface area contributed by atoms with Gasteiger partial charge in [0.15, 0.2) is 0 Å². The van der Waals surface area contributed by atoms with Gasteiger partial charge in [-0.15, -0.1) is 11.3 Å². The summed E-state index contributed by atoms with van der Waals surface area (Å²) in [5.74, 6) is 0. The molecule has 19 heavy (non-hydrogen) atoms. The maximum atomic E-state index is 3.63. The van der Waals surface area contributed by atoms with E-state index in [-0.39, 0.29) is 0 Å². The predicted molar refractivity (Wildman–Crippen MR) is 88.1 cm³/mol. The normalized spacial score (nSPS) is 12.6. The highest BCUT2D eigenvalue weighted by Crippen LogP contribution is 2.29. The van der Waals surface area contributed by atoms with E-state index in [1.54, 1.807) is 0 Å². The van der Waals surface area contributed by atoms with Gasteiger partial charge >= 0.3 is 0 Å². The molecular formula is C16H20BrNS. The summed E-state index contributed by atoms with van der Waals surface area (Å²) >= 11 is 5.37. The molecule has 0 radical (unpaired) electrons. The molecule has 0 fully saturated rings. The van der Waals surface area contributed by atoms with E-state index in [0.29, 0.717) is 6.04 Å². The van der Waals surface area contributed by atoms with E-state index in [2.05, 4.69) is 72.3 Å². The fourth-order valence-corrected chi connectivity index (χ4v) is 4.09. The van der Waals surface area contributed by atoms with E-state index >= 15 is 0 Å². The fraction of sp³-hybridized carbons (Fsp3) is 0.375. The summed E-state index contributed by atoms with van der Waals surface area (Å²) in [7, 11) is 0. The van der Waals surface area contributed by atoms with Gasteiger partial charge in [-0.2, -0.15) is 0 Å². The Morgan fingerprint density at radius 3 is 2.37 bits per heavy atom. The van der Waals surface area contributed by atoms with E-state index in [4.69, 9.17) is 0 Å². The maximum Gasteiger partial charge on any atom is 0.0701 e. The van der Waals surface area contributed by atoms with Crippen LogP contribution in [0.25, 0.3) is 0 Å². The Morgan fingerprint density at radius 1 is 1.16 bits per heavy atom. The molecule has 1 heterocycles. The molecule has 0 saturated carbocycles. The zero-order chi connectivity index (χ0) is 13.8. The molecule has 1 N–H and O–H groups in total. The largest absolute Gasteiger partial charge is 0.310 e. The Bertz CT molecular complexity index is 527. The number of nitrogens with one attached hydrogen (secondary N) is 1. The smallest absolute Gasteiger partial charge is 0.0701 e. The first-order valence-corrected chi connectivity index (χ1v) is 8.26. The highest BCUT2D eigenvalue weighted by atomic mass is 79.9. The number of aryl methyl sites for hydroxylation is 2. The van der Waals surface area contributed by atoms with Crippen LogP contribution in [0.15, 0.2) is 34.1 Å². The summed E-state index contributed by atoms with van der Waals surface area (Å²) in [6.45, 7) is 7.57. The van der Waals surface area contributed by atoms with E-state index in [9.17, 15) is 0 Å². The molecule has 102 valence electrons. The average Bonchev–Trinajstić information content (AvgIpc) is 2.75. The maximum absolute atomic E-state index is 3.63. The molecule has 0 aliphatic heterocycles. The number of likely N-dealkylation sites (N-methyl/N-ethyl adjacent to an activating group) is 1. The molecule has 2 aromatic rings. The Hall–Kier alpha value is -0.640. The van der Waals surface area contributed by atoms with Crippen molar-refractivity contribution in [1.29, 1.82) is 0 Å². The Morgan fingerprint density at radius 2 is 1.84 bits per heavy atom. The third kappa shape index (κ3) is 3.68. The van der Waals surface area contributed by atoms with Gasteiger partial charge in [0.05, 0.1) is 3.79 Å². The van der Waals surface area contributed by atoms with Crippen LogP contribution in [0.4, 0.5) is 0 Å². The van der Waals surface area contributed by atoms with Gasteiger partial charge in [0.25, 0.3) is 0 Å². The van der Waals surface area contributed by atoms with Crippen molar-refractivity contribution in [3.8, 4) is 0 Å². The fourth-order valence-electron chi connectivity index (χ4n) is 2.56. The Kier molecular flexibility index (Phi) is 5.20. The average molecular weight is 338 g/mol. The number of benzene rings is 1. The third-order valence-corrected chi connectivity index (χ3v) is 5.02. The quantitative estimate of drug-likeness (QED) is 0.807. The van der Waals surface area contributed by atoms with Crippen molar-refractivity contribution in [2.45, 2.75) is 33.2 Å². The Labute approximate surface area is 128 Å². The van der Waals surface area contributed by atoms with Crippen molar-refractivity contribution in [1.82, 2.24) is 5.32 Å². The second-order valence-electron chi connectivity index (χ2n) is 4.83. The lowest BCUT2D eigenvalue weighted by Crippen LogP contribution is -2.24. The minimum absolute atomic E-state index is 0.400. The van der Waals surface area contributed by atoms with E-state index in [1.165, 1.54) is 25.4 Å². The van der Waals surface area contributed by atoms with Crippen LogP contribution in [-0.2, 0) is 6.42 Å². The van der Waals surface area contributed by atoms with Crippen molar-refractivity contribution in [3.63, 3.8) is 0 Å². The minimum Gasteiger partial charge on any atom is -0.310 e. The highest BCUT2D eigenvalue weighted by molar-refractivity contribution is 9.11. The van der Waals surface area contributed by atoms with Crippen LogP contribution in [0.3, 0.4) is 0 Å². The summed E-state index contributed by atoms with van der Waals surface area (Å²) in [5, 5.41) is 3.63. The van der Waals surface area contributed by atoms with E-state index in [0.717, 1.165) is 13.0 Å². The van der Waals surface area contributed by atoms with Crippen LogP contribution >= 0.6 is 27.3 Å². The molecule has 0 amide bonds. The van der Waals surface area contributed by atoms with Crippen molar-refractivity contribution in [2.24, 2.45) is 0 Å². The molecule has 1 unspecified atom stereocenters. The second kappa shape index (κ2) is 6.69. The van der Waals surface area contributed by atoms with Crippen LogP contribution in [0.1, 0.15) is 34.5 Å². The van der Waals surface area contributed by atoms with Crippen LogP contribution in [0, 0.1) is 13.8 Å². The summed E-state index contributed by atoms with van der Waals surface area (Å²) < 4.78 is 1.21. The molecule has 0 saturated heterocycles. The molecule has 2 rings (SSSR count). The van der Waals surface area contributed by atoms with Crippen molar-refractivity contribution >= 4 is 27.3 Å². The lowest BCUT2D eigenvalue weighted by molar-refractivity contribution is 0.548. The van der Waals surface area contributed by atoms with E-state index in [1.807, 2.05) is 11.3 Å². The van der Waals surface area contributed by atoms with Crippen LogP contribution in [-0.4, -0.2) is 6.54 Å². The summed E-state index contributed by atoms with van der Waals surface area (Å²) in [6, 6.07) is 11.3. The lowest BCUT2D eigenvalue weighted by atomic mass is 9.93. The van der Waals surface area contributed by atoms with Gasteiger partial charge in [-0.05, 0) is 65.1 Å². The predicted octanol–water partition coefficient (Wildman–Crippen LogP) is 5.02. The number of hydrogen-bond acceptors (Lipinski definition) is 2. The molecule has 1 aromatic heterocycles. The minimum atomic E-state index is 0.400. The van der Waals surface area contributed by atoms with Crippen LogP contribution < -0.4 is 5.32 Å². The van der Waals surface area contributed by atoms with Gasteiger partial charge in [-0.1, -0.05) is 25.1 Å². The molecule has 3 heteroatoms. The molecule has 0 aliphatic rings. The van der Waals surface area contributed by atoms with E-state index < -0.39 is 0 Å². The van der Waals surface area contributed by atoms with Crippen LogP contribution in [0.5, 0.6) is 0 Å². The zero-order valence-electron chi connectivity index (χ0n) is 11.7. The van der Waals surface area contributed by atoms with Gasteiger partial charge in [0.1, 0.15) is 0 Å². The SMILES string of the molecule is CCNC(Cc1ccc(Br)s1)c1c(C)cccc1C. The molecule has 1 aromatic carbocycles. The summed E-state index contributed by atoms with van der Waals surface area (Å²) in [4.78, 5) is 1.42. The monoisotopic (exact) mass is 337 g/mol. The molecule has 0 spiro atoms. The van der Waals surface area contributed by atoms with Crippen LogP contribution in [0.2, 0.25) is 0 Å². The number of rotatable bonds is 5. The number of halogens is 1.